The Morgan fingerprint density at radius 3 is 2.32 bits per heavy atom. The molecule has 0 amide bonds. The Morgan fingerprint density at radius 1 is 1.21 bits per heavy atom. The molecule has 0 aromatic rings. The maximum Gasteiger partial charge on any atom is 0.102 e. The number of hydrogen-bond donors (Lipinski definition) is 0. The molecule has 110 valence electrons. The third kappa shape index (κ3) is 4.85. The number of fused-ring (bicyclic) bond motifs is 1. The smallest absolute Gasteiger partial charge is 0.102 e. The van der Waals surface area contributed by atoms with Crippen LogP contribution >= 0.6 is 0 Å². The Labute approximate surface area is 122 Å². The summed E-state index contributed by atoms with van der Waals surface area (Å²) in [6, 6.07) is 0. The Balaban J connectivity index is 0.000000741. The van der Waals surface area contributed by atoms with Gasteiger partial charge in [-0.25, -0.2) is 0 Å². The summed E-state index contributed by atoms with van der Waals surface area (Å²) in [4.78, 5) is 6.78. The topological polar surface area (TPSA) is 15.6 Å². The van der Waals surface area contributed by atoms with E-state index in [1.807, 2.05) is 34.7 Å². The van der Waals surface area contributed by atoms with Gasteiger partial charge < -0.3 is 4.90 Å². The minimum atomic E-state index is 0.0654. The molecule has 1 heterocycles. The lowest BCUT2D eigenvalue weighted by Gasteiger charge is -2.47. The van der Waals surface area contributed by atoms with Gasteiger partial charge in [0, 0.05) is 26.6 Å². The number of amidine groups is 1. The molecule has 1 aliphatic carbocycles. The van der Waals surface area contributed by atoms with Gasteiger partial charge in [0.25, 0.3) is 0 Å². The fourth-order valence-corrected chi connectivity index (χ4v) is 3.30. The molecule has 3 atom stereocenters. The average Bonchev–Trinajstić information content (AvgIpc) is 2.43. The highest BCUT2D eigenvalue weighted by molar-refractivity contribution is 6.15. The first-order chi connectivity index (χ1) is 9.03. The van der Waals surface area contributed by atoms with Crippen molar-refractivity contribution in [3.8, 4) is 0 Å². The van der Waals surface area contributed by atoms with E-state index in [0.717, 1.165) is 18.9 Å². The second-order valence-corrected chi connectivity index (χ2v) is 5.56. The highest BCUT2D eigenvalue weighted by Crippen LogP contribution is 2.48. The van der Waals surface area contributed by atoms with Crippen molar-refractivity contribution in [1.29, 1.82) is 0 Å². The summed E-state index contributed by atoms with van der Waals surface area (Å²) in [5.74, 6) is 2.75. The molecule has 0 N–H and O–H groups in total. The fourth-order valence-electron chi connectivity index (χ4n) is 3.30. The molecular formula is C16H33BN2. The van der Waals surface area contributed by atoms with Gasteiger partial charge in [-0.2, -0.15) is 0 Å². The number of piperidine rings is 1. The van der Waals surface area contributed by atoms with Crippen LogP contribution in [-0.2, 0) is 0 Å². The Bertz CT molecular complexity index is 274. The van der Waals surface area contributed by atoms with E-state index in [1.165, 1.54) is 25.1 Å². The van der Waals surface area contributed by atoms with E-state index in [0.29, 0.717) is 5.92 Å². The van der Waals surface area contributed by atoms with Crippen LogP contribution in [0.5, 0.6) is 0 Å². The zero-order valence-electron chi connectivity index (χ0n) is 14.2. The fraction of sp³-hybridized carbons (Fsp3) is 0.938. The van der Waals surface area contributed by atoms with Crippen LogP contribution in [0.2, 0.25) is 5.31 Å². The molecule has 2 fully saturated rings. The summed E-state index contributed by atoms with van der Waals surface area (Å²) in [6.07, 6.45) is 4.81. The Kier molecular flexibility index (Phi) is 8.44. The summed E-state index contributed by atoms with van der Waals surface area (Å²) in [5.41, 5.74) is 0. The zero-order chi connectivity index (χ0) is 15.1. The monoisotopic (exact) mass is 264 g/mol. The minimum absolute atomic E-state index is 0.0654. The predicted molar refractivity (Wildman–Crippen MR) is 88.3 cm³/mol. The molecule has 2 radical (unpaired) electrons. The largest absolute Gasteiger partial charge is 0.363 e. The van der Waals surface area contributed by atoms with Crippen LogP contribution in [0.3, 0.4) is 0 Å². The van der Waals surface area contributed by atoms with Crippen LogP contribution in [0.15, 0.2) is 4.99 Å². The molecular weight excluding hydrogens is 231 g/mol. The van der Waals surface area contributed by atoms with Crippen molar-refractivity contribution in [1.82, 2.24) is 4.90 Å². The van der Waals surface area contributed by atoms with Crippen LogP contribution in [0, 0.1) is 11.8 Å². The lowest BCUT2D eigenvalue weighted by molar-refractivity contribution is 0.186. The normalized spacial score (nSPS) is 35.5. The van der Waals surface area contributed by atoms with Gasteiger partial charge in [-0.05, 0) is 18.8 Å². The molecule has 1 aliphatic heterocycles. The predicted octanol–water partition coefficient (Wildman–Crippen LogP) is 4.17. The Hall–Kier alpha value is -0.465. The first-order valence-corrected chi connectivity index (χ1v) is 8.00. The van der Waals surface area contributed by atoms with Crippen LogP contribution in [-0.4, -0.2) is 39.2 Å². The lowest BCUT2D eigenvalue weighted by atomic mass is 9.55. The van der Waals surface area contributed by atoms with Crippen molar-refractivity contribution in [3.63, 3.8) is 0 Å². The van der Waals surface area contributed by atoms with Gasteiger partial charge in [-0.3, -0.25) is 4.99 Å². The molecule has 0 aromatic heterocycles. The van der Waals surface area contributed by atoms with Crippen molar-refractivity contribution in [2.45, 2.75) is 65.6 Å². The van der Waals surface area contributed by atoms with Crippen LogP contribution in [0.25, 0.3) is 0 Å². The summed E-state index contributed by atoms with van der Waals surface area (Å²) < 4.78 is 0. The van der Waals surface area contributed by atoms with Gasteiger partial charge in [-0.1, -0.05) is 52.8 Å². The summed E-state index contributed by atoms with van der Waals surface area (Å²) >= 11 is 0. The number of hydrogen-bond acceptors (Lipinski definition) is 1. The molecule has 3 unspecified atom stereocenters. The van der Waals surface area contributed by atoms with Gasteiger partial charge in [0.2, 0.25) is 0 Å². The number of nitrogens with zero attached hydrogens (tertiary/aromatic N) is 2. The first kappa shape index (κ1) is 18.5. The van der Waals surface area contributed by atoms with Crippen molar-refractivity contribution in [3.05, 3.63) is 0 Å². The molecule has 1 saturated carbocycles. The molecule has 1 saturated heterocycles. The maximum absolute atomic E-state index is 6.25. The summed E-state index contributed by atoms with van der Waals surface area (Å²) in [6.45, 7) is 11.3. The highest BCUT2D eigenvalue weighted by Gasteiger charge is 2.40. The number of likely N-dealkylation sites (tertiary alicyclic amines) is 1. The molecule has 2 rings (SSSR count). The van der Waals surface area contributed by atoms with Crippen LogP contribution < -0.4 is 0 Å². The second-order valence-electron chi connectivity index (χ2n) is 5.56. The third-order valence-electron chi connectivity index (χ3n) is 4.11. The van der Waals surface area contributed by atoms with E-state index in [-0.39, 0.29) is 5.31 Å². The van der Waals surface area contributed by atoms with Gasteiger partial charge in [0.1, 0.15) is 5.84 Å². The maximum atomic E-state index is 6.25. The Morgan fingerprint density at radius 2 is 1.79 bits per heavy atom. The molecule has 2 aliphatic rings. The first-order valence-electron chi connectivity index (χ1n) is 8.00. The van der Waals surface area contributed by atoms with Crippen molar-refractivity contribution >= 4 is 13.7 Å². The van der Waals surface area contributed by atoms with Crippen molar-refractivity contribution in [2.75, 3.05) is 20.6 Å². The van der Waals surface area contributed by atoms with E-state index in [2.05, 4.69) is 23.9 Å². The van der Waals surface area contributed by atoms with Gasteiger partial charge in [0.05, 0.1) is 7.85 Å². The molecule has 3 heteroatoms. The number of rotatable bonds is 0. The molecule has 0 bridgehead atoms. The van der Waals surface area contributed by atoms with Crippen molar-refractivity contribution < 1.29 is 0 Å². The highest BCUT2D eigenvalue weighted by atomic mass is 15.2. The van der Waals surface area contributed by atoms with Crippen LogP contribution in [0.4, 0.5) is 0 Å². The zero-order valence-corrected chi connectivity index (χ0v) is 14.2. The lowest BCUT2D eigenvalue weighted by Crippen LogP contribution is -2.46. The summed E-state index contributed by atoms with van der Waals surface area (Å²) in [7, 11) is 10.3. The van der Waals surface area contributed by atoms with E-state index in [4.69, 9.17) is 7.85 Å². The molecule has 0 spiro atoms. The van der Waals surface area contributed by atoms with E-state index in [9.17, 15) is 0 Å². The van der Waals surface area contributed by atoms with Gasteiger partial charge >= 0.3 is 0 Å². The second kappa shape index (κ2) is 8.66. The van der Waals surface area contributed by atoms with Crippen LogP contribution in [0.1, 0.15) is 60.3 Å². The van der Waals surface area contributed by atoms with E-state index >= 15 is 0 Å². The third-order valence-corrected chi connectivity index (χ3v) is 4.11. The number of aliphatic imine (C=N–C) groups is 1. The van der Waals surface area contributed by atoms with Crippen molar-refractivity contribution in [2.24, 2.45) is 16.8 Å². The van der Waals surface area contributed by atoms with Gasteiger partial charge in [0.15, 0.2) is 0 Å². The molecule has 2 nitrogen and oxygen atoms in total. The minimum Gasteiger partial charge on any atom is -0.363 e. The SMILES string of the molecule is CC.CC.[B]C1(C)CCC2C(=NC)N(C)CCC2C1. The summed E-state index contributed by atoms with van der Waals surface area (Å²) in [5, 5.41) is 0.0654. The van der Waals surface area contributed by atoms with Gasteiger partial charge in [-0.15, -0.1) is 0 Å². The van der Waals surface area contributed by atoms with E-state index < -0.39 is 0 Å². The molecule has 19 heavy (non-hydrogen) atoms. The molecule has 0 aromatic carbocycles. The van der Waals surface area contributed by atoms with E-state index in [1.54, 1.807) is 0 Å². The standard InChI is InChI=1S/C12H21BN2.2C2H6/c1-12(13)6-4-10-9(8-12)5-7-15(3)11(10)14-2;2*1-2/h9-10H,4-8H2,1-3H3;2*1-2H3. The quantitative estimate of drug-likeness (QED) is 0.600. The average molecular weight is 264 g/mol.